The van der Waals surface area contributed by atoms with Crippen molar-refractivity contribution < 1.29 is 9.53 Å². The molecule has 0 bridgehead atoms. The molecule has 20 heavy (non-hydrogen) atoms. The average molecular weight is 271 g/mol. The lowest BCUT2D eigenvalue weighted by atomic mass is 9.96. The molecule has 0 N–H and O–H groups in total. The van der Waals surface area contributed by atoms with Gasteiger partial charge in [0.25, 0.3) is 5.91 Å². The normalized spacial score (nSPS) is 14.8. The van der Waals surface area contributed by atoms with E-state index in [4.69, 9.17) is 4.74 Å². The molecule has 0 fully saturated rings. The number of benzene rings is 1. The first-order chi connectivity index (χ1) is 9.69. The SMILES string of the molecule is CC=CC=CC(=O)N1CCCc2c(C)ccc(OC)c21. The number of hydrogen-bond donors (Lipinski definition) is 0. The molecule has 3 heteroatoms. The van der Waals surface area contributed by atoms with Crippen molar-refractivity contribution in [3.05, 3.63) is 47.6 Å². The minimum Gasteiger partial charge on any atom is -0.495 e. The molecule has 1 aromatic carbocycles. The Hall–Kier alpha value is -2.03. The third-order valence-corrected chi connectivity index (χ3v) is 3.59. The maximum atomic E-state index is 12.4. The summed E-state index contributed by atoms with van der Waals surface area (Å²) in [7, 11) is 1.65. The lowest BCUT2D eigenvalue weighted by molar-refractivity contribution is -0.114. The van der Waals surface area contributed by atoms with Crippen LogP contribution < -0.4 is 9.64 Å². The molecular formula is C17H21NO2. The van der Waals surface area contributed by atoms with Gasteiger partial charge in [-0.1, -0.05) is 24.3 Å². The Balaban J connectivity index is 2.41. The minimum atomic E-state index is 0.00736. The molecule has 106 valence electrons. The van der Waals surface area contributed by atoms with Gasteiger partial charge < -0.3 is 9.64 Å². The van der Waals surface area contributed by atoms with Crippen LogP contribution in [0.4, 0.5) is 5.69 Å². The van der Waals surface area contributed by atoms with E-state index in [9.17, 15) is 4.79 Å². The number of rotatable bonds is 3. The van der Waals surface area contributed by atoms with Crippen molar-refractivity contribution in [3.63, 3.8) is 0 Å². The van der Waals surface area contributed by atoms with Crippen LogP contribution in [0.25, 0.3) is 0 Å². The lowest BCUT2D eigenvalue weighted by Crippen LogP contribution is -2.34. The quantitative estimate of drug-likeness (QED) is 0.623. The van der Waals surface area contributed by atoms with Crippen LogP contribution in [0.1, 0.15) is 24.5 Å². The predicted octanol–water partition coefficient (Wildman–Crippen LogP) is 3.42. The van der Waals surface area contributed by atoms with Crippen molar-refractivity contribution in [2.75, 3.05) is 18.6 Å². The zero-order valence-electron chi connectivity index (χ0n) is 12.3. The smallest absolute Gasteiger partial charge is 0.251 e. The summed E-state index contributed by atoms with van der Waals surface area (Å²) in [6.07, 6.45) is 9.13. The lowest BCUT2D eigenvalue weighted by Gasteiger charge is -2.31. The molecular weight excluding hydrogens is 250 g/mol. The van der Waals surface area contributed by atoms with E-state index in [1.807, 2.05) is 30.0 Å². The van der Waals surface area contributed by atoms with E-state index in [1.165, 1.54) is 11.1 Å². The molecule has 0 saturated heterocycles. The largest absolute Gasteiger partial charge is 0.495 e. The van der Waals surface area contributed by atoms with Crippen LogP contribution in [0.2, 0.25) is 0 Å². The van der Waals surface area contributed by atoms with E-state index in [-0.39, 0.29) is 5.91 Å². The fourth-order valence-corrected chi connectivity index (χ4v) is 2.58. The summed E-state index contributed by atoms with van der Waals surface area (Å²) in [6, 6.07) is 4.00. The number of carbonyl (C=O) groups excluding carboxylic acids is 1. The van der Waals surface area contributed by atoms with Gasteiger partial charge in [0.1, 0.15) is 5.75 Å². The molecule has 3 nitrogen and oxygen atoms in total. The highest BCUT2D eigenvalue weighted by molar-refractivity contribution is 6.03. The highest BCUT2D eigenvalue weighted by Crippen LogP contribution is 2.38. The van der Waals surface area contributed by atoms with E-state index in [0.717, 1.165) is 30.8 Å². The number of allylic oxidation sites excluding steroid dienone is 3. The van der Waals surface area contributed by atoms with Gasteiger partial charge in [0.2, 0.25) is 0 Å². The molecule has 1 aliphatic rings. The van der Waals surface area contributed by atoms with Crippen molar-refractivity contribution >= 4 is 11.6 Å². The zero-order chi connectivity index (χ0) is 14.5. The summed E-state index contributed by atoms with van der Waals surface area (Å²) < 4.78 is 5.44. The summed E-state index contributed by atoms with van der Waals surface area (Å²) in [5, 5.41) is 0. The second-order valence-corrected chi connectivity index (χ2v) is 4.89. The first kappa shape index (κ1) is 14.4. The topological polar surface area (TPSA) is 29.5 Å². The highest BCUT2D eigenvalue weighted by Gasteiger charge is 2.25. The van der Waals surface area contributed by atoms with Crippen LogP contribution >= 0.6 is 0 Å². The number of anilines is 1. The van der Waals surface area contributed by atoms with Gasteiger partial charge in [-0.05, 0) is 43.9 Å². The summed E-state index contributed by atoms with van der Waals surface area (Å²) in [4.78, 5) is 14.2. The number of aryl methyl sites for hydroxylation is 1. The van der Waals surface area contributed by atoms with Gasteiger partial charge in [0, 0.05) is 12.6 Å². The van der Waals surface area contributed by atoms with Crippen LogP contribution in [0.3, 0.4) is 0 Å². The van der Waals surface area contributed by atoms with Gasteiger partial charge in [-0.25, -0.2) is 0 Å². The van der Waals surface area contributed by atoms with Gasteiger partial charge in [0.05, 0.1) is 12.8 Å². The van der Waals surface area contributed by atoms with Crippen molar-refractivity contribution in [2.45, 2.75) is 26.7 Å². The third-order valence-electron chi connectivity index (χ3n) is 3.59. The van der Waals surface area contributed by atoms with Gasteiger partial charge in [0.15, 0.2) is 0 Å². The Kier molecular flexibility index (Phi) is 4.61. The zero-order valence-corrected chi connectivity index (χ0v) is 12.3. The van der Waals surface area contributed by atoms with Crippen LogP contribution in [0, 0.1) is 6.92 Å². The molecule has 1 amide bonds. The van der Waals surface area contributed by atoms with Gasteiger partial charge in [-0.2, -0.15) is 0 Å². The number of methoxy groups -OCH3 is 1. The summed E-state index contributed by atoms with van der Waals surface area (Å²) in [6.45, 7) is 4.76. The molecule has 1 aliphatic heterocycles. The number of ether oxygens (including phenoxy) is 1. The molecule has 0 aromatic heterocycles. The van der Waals surface area contributed by atoms with Gasteiger partial charge in [-0.3, -0.25) is 4.79 Å². The van der Waals surface area contributed by atoms with E-state index < -0.39 is 0 Å². The Morgan fingerprint density at radius 1 is 1.35 bits per heavy atom. The molecule has 2 rings (SSSR count). The molecule has 1 aromatic rings. The van der Waals surface area contributed by atoms with Crippen LogP contribution in [-0.2, 0) is 11.2 Å². The molecule has 0 saturated carbocycles. The number of hydrogen-bond acceptors (Lipinski definition) is 2. The van der Waals surface area contributed by atoms with Crippen LogP contribution in [0.15, 0.2) is 36.4 Å². The molecule has 0 spiro atoms. The number of nitrogens with zero attached hydrogens (tertiary/aromatic N) is 1. The van der Waals surface area contributed by atoms with Crippen molar-refractivity contribution in [1.29, 1.82) is 0 Å². The highest BCUT2D eigenvalue weighted by atomic mass is 16.5. The second-order valence-electron chi connectivity index (χ2n) is 4.89. The maximum Gasteiger partial charge on any atom is 0.251 e. The third kappa shape index (κ3) is 2.77. The van der Waals surface area contributed by atoms with Crippen LogP contribution in [0.5, 0.6) is 5.75 Å². The Bertz CT molecular complexity index is 558. The van der Waals surface area contributed by atoms with Crippen molar-refractivity contribution in [2.24, 2.45) is 0 Å². The fraction of sp³-hybridized carbons (Fsp3) is 0.353. The fourth-order valence-electron chi connectivity index (χ4n) is 2.58. The van der Waals surface area contributed by atoms with Gasteiger partial charge >= 0.3 is 0 Å². The summed E-state index contributed by atoms with van der Waals surface area (Å²) in [5.41, 5.74) is 3.38. The van der Waals surface area contributed by atoms with E-state index in [2.05, 4.69) is 13.0 Å². The van der Waals surface area contributed by atoms with E-state index >= 15 is 0 Å². The van der Waals surface area contributed by atoms with Crippen molar-refractivity contribution in [1.82, 2.24) is 0 Å². The van der Waals surface area contributed by atoms with Crippen LogP contribution in [-0.4, -0.2) is 19.6 Å². The molecule has 0 aliphatic carbocycles. The first-order valence-electron chi connectivity index (χ1n) is 6.96. The van der Waals surface area contributed by atoms with Crippen molar-refractivity contribution in [3.8, 4) is 5.75 Å². The molecule has 0 radical (unpaired) electrons. The number of amides is 1. The molecule has 0 unspecified atom stereocenters. The average Bonchev–Trinajstić information content (AvgIpc) is 2.47. The monoisotopic (exact) mass is 271 g/mol. The second kappa shape index (κ2) is 6.42. The molecule has 1 heterocycles. The Morgan fingerprint density at radius 3 is 2.85 bits per heavy atom. The van der Waals surface area contributed by atoms with E-state index in [0.29, 0.717) is 0 Å². The predicted molar refractivity (Wildman–Crippen MR) is 82.4 cm³/mol. The number of fused-ring (bicyclic) bond motifs is 1. The number of carbonyl (C=O) groups is 1. The Morgan fingerprint density at radius 2 is 2.15 bits per heavy atom. The Labute approximate surface area is 120 Å². The molecule has 0 atom stereocenters. The summed E-state index contributed by atoms with van der Waals surface area (Å²) >= 11 is 0. The maximum absolute atomic E-state index is 12.4. The first-order valence-corrected chi connectivity index (χ1v) is 6.96. The standard InChI is InChI=1S/C17H21NO2/c1-4-5-6-9-16(19)18-12-7-8-14-13(2)10-11-15(20-3)17(14)18/h4-6,9-11H,7-8,12H2,1-3H3. The van der Waals surface area contributed by atoms with E-state index in [1.54, 1.807) is 19.3 Å². The minimum absolute atomic E-state index is 0.00736. The van der Waals surface area contributed by atoms with Gasteiger partial charge in [-0.15, -0.1) is 0 Å². The summed E-state index contributed by atoms with van der Waals surface area (Å²) in [5.74, 6) is 0.783.